The number of Topliss-reactive ketones (excluding diaryl/α,β-unsaturated/α-hetero) is 1. The number of ketones is 1. The molecule has 12 heavy (non-hydrogen) atoms. The minimum absolute atomic E-state index is 0.0236. The molecule has 0 atom stereocenters. The Morgan fingerprint density at radius 2 is 1.92 bits per heavy atom. The van der Waals surface area contributed by atoms with Crippen molar-refractivity contribution in [2.75, 3.05) is 0 Å². The summed E-state index contributed by atoms with van der Waals surface area (Å²) in [6, 6.07) is 0. The predicted molar refractivity (Wildman–Crippen MR) is 51.2 cm³/mol. The summed E-state index contributed by atoms with van der Waals surface area (Å²) in [5, 5.41) is 3.84. The van der Waals surface area contributed by atoms with Crippen molar-refractivity contribution in [3.63, 3.8) is 0 Å². The molecule has 0 saturated carbocycles. The largest absolute Gasteiger partial charge is 0.305 e. The van der Waals surface area contributed by atoms with Gasteiger partial charge in [0.1, 0.15) is 0 Å². The Balaban J connectivity index is 3.86. The number of nitrogens with zero attached hydrogens (tertiary/aromatic N) is 1. The summed E-state index contributed by atoms with van der Waals surface area (Å²) in [6.45, 7) is 9.68. The van der Waals surface area contributed by atoms with Crippen LogP contribution >= 0.6 is 0 Å². The zero-order valence-corrected chi connectivity index (χ0v) is 8.51. The second kappa shape index (κ2) is 4.24. The standard InChI is InChI=1S/C9H18N2O/c1-7(2)8(12)6-10-11-9(3,4)5/h6-7,11H,1-5H3. The van der Waals surface area contributed by atoms with Crippen LogP contribution in [0.15, 0.2) is 5.10 Å². The van der Waals surface area contributed by atoms with Crippen LogP contribution in [-0.2, 0) is 4.79 Å². The van der Waals surface area contributed by atoms with Crippen LogP contribution in [0.2, 0.25) is 0 Å². The fourth-order valence-corrected chi connectivity index (χ4v) is 0.439. The summed E-state index contributed by atoms with van der Waals surface area (Å²) in [7, 11) is 0. The van der Waals surface area contributed by atoms with Gasteiger partial charge in [-0.1, -0.05) is 13.8 Å². The van der Waals surface area contributed by atoms with Crippen molar-refractivity contribution in [1.82, 2.24) is 5.43 Å². The highest BCUT2D eigenvalue weighted by Crippen LogP contribution is 1.97. The molecule has 0 aliphatic rings. The third-order valence-corrected chi connectivity index (χ3v) is 1.16. The molecule has 0 bridgehead atoms. The van der Waals surface area contributed by atoms with E-state index < -0.39 is 0 Å². The molecule has 0 aromatic rings. The zero-order chi connectivity index (χ0) is 9.78. The molecule has 0 aliphatic heterocycles. The van der Waals surface area contributed by atoms with Crippen molar-refractivity contribution in [2.24, 2.45) is 11.0 Å². The Bertz CT molecular complexity index is 177. The van der Waals surface area contributed by atoms with E-state index in [2.05, 4.69) is 10.5 Å². The number of carbonyl (C=O) groups is 1. The molecule has 1 N–H and O–H groups in total. The van der Waals surface area contributed by atoms with E-state index in [1.165, 1.54) is 6.21 Å². The molecule has 0 aromatic carbocycles. The van der Waals surface area contributed by atoms with E-state index in [1.54, 1.807) is 0 Å². The number of hydrazone groups is 1. The maximum absolute atomic E-state index is 11.0. The number of rotatable bonds is 3. The molecule has 0 saturated heterocycles. The molecular weight excluding hydrogens is 152 g/mol. The lowest BCUT2D eigenvalue weighted by Gasteiger charge is -2.16. The van der Waals surface area contributed by atoms with Gasteiger partial charge in [0.25, 0.3) is 0 Å². The molecule has 0 spiro atoms. The van der Waals surface area contributed by atoms with Gasteiger partial charge in [0.05, 0.1) is 6.21 Å². The molecular formula is C9H18N2O. The van der Waals surface area contributed by atoms with Crippen LogP contribution in [0.4, 0.5) is 0 Å². The highest BCUT2D eigenvalue weighted by Gasteiger charge is 2.07. The van der Waals surface area contributed by atoms with Gasteiger partial charge >= 0.3 is 0 Å². The summed E-state index contributed by atoms with van der Waals surface area (Å²) < 4.78 is 0. The SMILES string of the molecule is CC(C)C(=O)C=NNC(C)(C)C. The van der Waals surface area contributed by atoms with Gasteiger partial charge in [0.2, 0.25) is 0 Å². The summed E-state index contributed by atoms with van der Waals surface area (Å²) >= 11 is 0. The van der Waals surface area contributed by atoms with E-state index in [4.69, 9.17) is 0 Å². The maximum atomic E-state index is 11.0. The average Bonchev–Trinajstić information content (AvgIpc) is 1.84. The van der Waals surface area contributed by atoms with Crippen molar-refractivity contribution in [2.45, 2.75) is 40.2 Å². The highest BCUT2D eigenvalue weighted by atomic mass is 16.1. The third-order valence-electron chi connectivity index (χ3n) is 1.16. The van der Waals surface area contributed by atoms with E-state index >= 15 is 0 Å². The molecule has 0 aliphatic carbocycles. The Kier molecular flexibility index (Phi) is 3.93. The monoisotopic (exact) mass is 170 g/mol. The minimum Gasteiger partial charge on any atom is -0.305 e. The molecule has 0 fully saturated rings. The quantitative estimate of drug-likeness (QED) is 0.516. The van der Waals surface area contributed by atoms with E-state index in [-0.39, 0.29) is 17.2 Å². The van der Waals surface area contributed by atoms with Crippen molar-refractivity contribution in [3.8, 4) is 0 Å². The summed E-state index contributed by atoms with van der Waals surface area (Å²) in [4.78, 5) is 11.0. The molecule has 0 amide bonds. The Morgan fingerprint density at radius 3 is 2.25 bits per heavy atom. The molecule has 0 radical (unpaired) electrons. The van der Waals surface area contributed by atoms with Crippen LogP contribution in [0.25, 0.3) is 0 Å². The topological polar surface area (TPSA) is 41.5 Å². The first-order chi connectivity index (χ1) is 5.33. The summed E-state index contributed by atoms with van der Waals surface area (Å²) in [6.07, 6.45) is 1.34. The van der Waals surface area contributed by atoms with E-state index in [0.717, 1.165) is 0 Å². The highest BCUT2D eigenvalue weighted by molar-refractivity contribution is 6.28. The molecule has 0 heterocycles. The molecule has 3 nitrogen and oxygen atoms in total. The second-order valence-corrected chi connectivity index (χ2v) is 4.18. The third kappa shape index (κ3) is 5.89. The lowest BCUT2D eigenvalue weighted by molar-refractivity contribution is -0.115. The van der Waals surface area contributed by atoms with Crippen LogP contribution in [-0.4, -0.2) is 17.5 Å². The first kappa shape index (κ1) is 11.1. The first-order valence-corrected chi connectivity index (χ1v) is 4.17. The molecule has 0 aromatic heterocycles. The van der Waals surface area contributed by atoms with Gasteiger partial charge in [-0.3, -0.25) is 4.79 Å². The lowest BCUT2D eigenvalue weighted by atomic mass is 10.1. The van der Waals surface area contributed by atoms with Gasteiger partial charge in [-0.2, -0.15) is 5.10 Å². The van der Waals surface area contributed by atoms with Crippen LogP contribution in [0, 0.1) is 5.92 Å². The predicted octanol–water partition coefficient (Wildman–Crippen LogP) is 1.59. The molecule has 0 rings (SSSR count). The smallest absolute Gasteiger partial charge is 0.178 e. The van der Waals surface area contributed by atoms with Gasteiger partial charge in [-0.15, -0.1) is 0 Å². The van der Waals surface area contributed by atoms with Crippen LogP contribution in [0.5, 0.6) is 0 Å². The zero-order valence-electron chi connectivity index (χ0n) is 8.51. The van der Waals surface area contributed by atoms with Crippen molar-refractivity contribution < 1.29 is 4.79 Å². The normalized spacial score (nSPS) is 12.5. The van der Waals surface area contributed by atoms with Crippen LogP contribution in [0.3, 0.4) is 0 Å². The molecule has 70 valence electrons. The van der Waals surface area contributed by atoms with Gasteiger partial charge in [0.15, 0.2) is 5.78 Å². The molecule has 3 heteroatoms. The van der Waals surface area contributed by atoms with Gasteiger partial charge in [0, 0.05) is 11.5 Å². The number of carbonyl (C=O) groups excluding carboxylic acids is 1. The fraction of sp³-hybridized carbons (Fsp3) is 0.778. The van der Waals surface area contributed by atoms with Gasteiger partial charge < -0.3 is 5.43 Å². The van der Waals surface area contributed by atoms with Crippen molar-refractivity contribution >= 4 is 12.0 Å². The summed E-state index contributed by atoms with van der Waals surface area (Å²) in [5.74, 6) is 0.0715. The van der Waals surface area contributed by atoms with E-state index in [9.17, 15) is 4.79 Å². The number of hydrogen-bond acceptors (Lipinski definition) is 3. The molecule has 0 unspecified atom stereocenters. The van der Waals surface area contributed by atoms with Crippen LogP contribution in [0.1, 0.15) is 34.6 Å². The Hall–Kier alpha value is -0.860. The van der Waals surface area contributed by atoms with Gasteiger partial charge in [-0.05, 0) is 20.8 Å². The van der Waals surface area contributed by atoms with Crippen LogP contribution < -0.4 is 5.43 Å². The minimum atomic E-state index is -0.0756. The maximum Gasteiger partial charge on any atom is 0.178 e. The van der Waals surface area contributed by atoms with Crippen molar-refractivity contribution in [3.05, 3.63) is 0 Å². The lowest BCUT2D eigenvalue weighted by Crippen LogP contribution is -2.31. The fourth-order valence-electron chi connectivity index (χ4n) is 0.439. The summed E-state index contributed by atoms with van der Waals surface area (Å²) in [5.41, 5.74) is 2.78. The Labute approximate surface area is 74.2 Å². The van der Waals surface area contributed by atoms with Gasteiger partial charge in [-0.25, -0.2) is 0 Å². The number of hydrogen-bond donors (Lipinski definition) is 1. The first-order valence-electron chi connectivity index (χ1n) is 4.17. The van der Waals surface area contributed by atoms with E-state index in [0.29, 0.717) is 0 Å². The Morgan fingerprint density at radius 1 is 1.42 bits per heavy atom. The number of nitrogens with one attached hydrogen (secondary N) is 1. The second-order valence-electron chi connectivity index (χ2n) is 4.18. The average molecular weight is 170 g/mol. The van der Waals surface area contributed by atoms with Crippen molar-refractivity contribution in [1.29, 1.82) is 0 Å². The van der Waals surface area contributed by atoms with E-state index in [1.807, 2.05) is 34.6 Å².